The van der Waals surface area contributed by atoms with E-state index >= 15 is 0 Å². The molecule has 3 N–H and O–H groups in total. The van der Waals surface area contributed by atoms with Crippen molar-refractivity contribution in [1.82, 2.24) is 14.9 Å². The van der Waals surface area contributed by atoms with E-state index in [0.29, 0.717) is 16.6 Å². The number of nitrogens with zero attached hydrogens (tertiary/aromatic N) is 2. The molecular weight excluding hydrogens is 430 g/mol. The number of aromatic amines is 1. The maximum Gasteiger partial charge on any atom is 0.226 e. The maximum atomic E-state index is 13.2. The van der Waals surface area contributed by atoms with Crippen molar-refractivity contribution in [2.75, 3.05) is 38.0 Å². The van der Waals surface area contributed by atoms with E-state index in [0.717, 1.165) is 81.2 Å². The number of hydrogen-bond acceptors (Lipinski definition) is 4. The number of piperazine rings is 1. The number of para-hydroxylation sites is 1. The normalized spacial score (nSPS) is 25.3. The van der Waals surface area contributed by atoms with Gasteiger partial charge < -0.3 is 20.1 Å². The highest BCUT2D eigenvalue weighted by molar-refractivity contribution is 7.71. The van der Waals surface area contributed by atoms with E-state index in [4.69, 9.17) is 12.2 Å². The number of benzene rings is 1. The molecule has 1 aliphatic heterocycles. The summed E-state index contributed by atoms with van der Waals surface area (Å²) in [5, 5.41) is 4.62. The fraction of sp³-hybridized carbons (Fsp3) is 0.654. The SMILES string of the molecule is O=C(C1CCC(CNc2nc(=S)[nH]c3ccccc23)CC1)N1CC[NH+](C2CCCCC2)CC1. The van der Waals surface area contributed by atoms with Crippen LogP contribution in [0, 0.1) is 16.6 Å². The third-order valence-corrected chi connectivity index (χ3v) is 8.48. The molecule has 7 heteroatoms. The van der Waals surface area contributed by atoms with Crippen molar-refractivity contribution in [1.29, 1.82) is 0 Å². The largest absolute Gasteiger partial charge is 0.369 e. The number of hydrogen-bond donors (Lipinski definition) is 3. The minimum atomic E-state index is 0.224. The molecule has 2 saturated carbocycles. The molecule has 1 amide bonds. The van der Waals surface area contributed by atoms with E-state index in [9.17, 15) is 4.79 Å². The topological polar surface area (TPSA) is 65.5 Å². The van der Waals surface area contributed by atoms with Gasteiger partial charge in [-0.1, -0.05) is 18.6 Å². The molecule has 0 unspecified atom stereocenters. The Morgan fingerprint density at radius 1 is 1.06 bits per heavy atom. The summed E-state index contributed by atoms with van der Waals surface area (Å²) in [7, 11) is 0. The van der Waals surface area contributed by atoms with Crippen LogP contribution in [0.3, 0.4) is 0 Å². The van der Waals surface area contributed by atoms with Crippen molar-refractivity contribution in [3.05, 3.63) is 29.0 Å². The molecule has 2 heterocycles. The van der Waals surface area contributed by atoms with E-state index in [1.807, 2.05) is 18.2 Å². The molecule has 0 atom stereocenters. The molecule has 0 bridgehead atoms. The highest BCUT2D eigenvalue weighted by atomic mass is 32.1. The number of aromatic nitrogens is 2. The highest BCUT2D eigenvalue weighted by Crippen LogP contribution is 2.31. The summed E-state index contributed by atoms with van der Waals surface area (Å²) in [4.78, 5) is 24.8. The van der Waals surface area contributed by atoms with Crippen molar-refractivity contribution in [2.45, 2.75) is 63.8 Å². The number of carbonyl (C=O) groups is 1. The van der Waals surface area contributed by atoms with E-state index in [-0.39, 0.29) is 5.92 Å². The smallest absolute Gasteiger partial charge is 0.226 e. The monoisotopic (exact) mass is 468 g/mol. The minimum absolute atomic E-state index is 0.224. The third-order valence-electron chi connectivity index (χ3n) is 8.29. The van der Waals surface area contributed by atoms with Crippen molar-refractivity contribution >= 4 is 34.8 Å². The highest BCUT2D eigenvalue weighted by Gasteiger charge is 2.34. The van der Waals surface area contributed by atoms with Crippen LogP contribution in [0.5, 0.6) is 0 Å². The van der Waals surface area contributed by atoms with Crippen molar-refractivity contribution < 1.29 is 9.69 Å². The first-order valence-corrected chi connectivity index (χ1v) is 13.4. The number of carbonyl (C=O) groups excluding carboxylic acids is 1. The van der Waals surface area contributed by atoms with Crippen LogP contribution in [0.15, 0.2) is 24.3 Å². The van der Waals surface area contributed by atoms with Gasteiger partial charge in [0.25, 0.3) is 0 Å². The average molecular weight is 469 g/mol. The summed E-state index contributed by atoms with van der Waals surface area (Å²) >= 11 is 5.30. The van der Waals surface area contributed by atoms with Gasteiger partial charge in [-0.2, -0.15) is 0 Å². The Balaban J connectivity index is 1.08. The lowest BCUT2D eigenvalue weighted by Crippen LogP contribution is -3.18. The molecule has 2 aromatic rings. The van der Waals surface area contributed by atoms with Crippen molar-refractivity contribution in [3.63, 3.8) is 0 Å². The van der Waals surface area contributed by atoms with Crippen LogP contribution in [-0.2, 0) is 4.79 Å². The summed E-state index contributed by atoms with van der Waals surface area (Å²) in [5.41, 5.74) is 1.01. The fourth-order valence-corrected chi connectivity index (χ4v) is 6.49. The van der Waals surface area contributed by atoms with Gasteiger partial charge in [-0.05, 0) is 81.6 Å². The number of amides is 1. The van der Waals surface area contributed by atoms with Gasteiger partial charge in [0.2, 0.25) is 5.91 Å². The second kappa shape index (κ2) is 10.5. The molecule has 3 fully saturated rings. The van der Waals surface area contributed by atoms with Crippen LogP contribution in [0.25, 0.3) is 10.9 Å². The minimum Gasteiger partial charge on any atom is -0.369 e. The molecule has 0 radical (unpaired) electrons. The Labute approximate surface area is 202 Å². The Morgan fingerprint density at radius 3 is 2.55 bits per heavy atom. The molecular formula is C26H38N5OS+. The van der Waals surface area contributed by atoms with Gasteiger partial charge in [0.15, 0.2) is 4.77 Å². The standard InChI is InChI=1S/C26H37N5OS/c32-25(31-16-14-30(15-17-31)21-6-2-1-3-7-21)20-12-10-19(11-13-20)18-27-24-22-8-4-5-9-23(22)28-26(33)29-24/h4-5,8-9,19-21H,1-3,6-7,10-18H2,(H2,27,28,29,33)/p+1. The summed E-state index contributed by atoms with van der Waals surface area (Å²) in [6.45, 7) is 5.10. The molecule has 0 spiro atoms. The Bertz CT molecular complexity index is 1000. The zero-order chi connectivity index (χ0) is 22.6. The van der Waals surface area contributed by atoms with Crippen molar-refractivity contribution in [2.24, 2.45) is 11.8 Å². The summed E-state index contributed by atoms with van der Waals surface area (Å²) < 4.78 is 0.510. The first-order valence-electron chi connectivity index (χ1n) is 13.0. The van der Waals surface area contributed by atoms with Gasteiger partial charge in [0.1, 0.15) is 5.82 Å². The predicted octanol–water partition coefficient (Wildman–Crippen LogP) is 3.57. The zero-order valence-electron chi connectivity index (χ0n) is 19.7. The van der Waals surface area contributed by atoms with Crippen LogP contribution < -0.4 is 10.2 Å². The summed E-state index contributed by atoms with van der Waals surface area (Å²) in [6, 6.07) is 8.99. The van der Waals surface area contributed by atoms with Crippen LogP contribution in [0.4, 0.5) is 5.82 Å². The molecule has 1 saturated heterocycles. The number of rotatable bonds is 5. The molecule has 3 aliphatic rings. The van der Waals surface area contributed by atoms with Gasteiger partial charge in [-0.15, -0.1) is 0 Å². The predicted molar refractivity (Wildman–Crippen MR) is 135 cm³/mol. The third kappa shape index (κ3) is 5.40. The Morgan fingerprint density at radius 2 is 1.79 bits per heavy atom. The zero-order valence-corrected chi connectivity index (χ0v) is 20.5. The number of nitrogens with one attached hydrogen (secondary N) is 3. The van der Waals surface area contributed by atoms with E-state index in [1.165, 1.54) is 32.1 Å². The number of fused-ring (bicyclic) bond motifs is 1. The summed E-state index contributed by atoms with van der Waals surface area (Å²) in [6.07, 6.45) is 11.2. The molecule has 2 aliphatic carbocycles. The molecule has 6 nitrogen and oxygen atoms in total. The van der Waals surface area contributed by atoms with Crippen LogP contribution in [0.2, 0.25) is 0 Å². The van der Waals surface area contributed by atoms with Crippen LogP contribution in [0.1, 0.15) is 57.8 Å². The first kappa shape index (κ1) is 22.8. The Kier molecular flexibility index (Phi) is 7.26. The Hall–Kier alpha value is -1.99. The fourth-order valence-electron chi connectivity index (χ4n) is 6.28. The molecule has 33 heavy (non-hydrogen) atoms. The van der Waals surface area contributed by atoms with Crippen molar-refractivity contribution in [3.8, 4) is 0 Å². The lowest BCUT2D eigenvalue weighted by molar-refractivity contribution is -0.930. The van der Waals surface area contributed by atoms with Gasteiger partial charge in [0.05, 0.1) is 37.7 Å². The van der Waals surface area contributed by atoms with Gasteiger partial charge in [-0.3, -0.25) is 4.79 Å². The second-order valence-electron chi connectivity index (χ2n) is 10.4. The summed E-state index contributed by atoms with van der Waals surface area (Å²) in [5.74, 6) is 2.10. The molecule has 5 rings (SSSR count). The quantitative estimate of drug-likeness (QED) is 0.587. The lowest BCUT2D eigenvalue weighted by Gasteiger charge is -2.39. The van der Waals surface area contributed by atoms with Gasteiger partial charge in [-0.25, -0.2) is 4.98 Å². The number of quaternary nitrogens is 1. The maximum absolute atomic E-state index is 13.2. The van der Waals surface area contributed by atoms with Crippen LogP contribution >= 0.6 is 12.2 Å². The average Bonchev–Trinajstić information content (AvgIpc) is 2.88. The van der Waals surface area contributed by atoms with Gasteiger partial charge in [0, 0.05) is 17.8 Å². The van der Waals surface area contributed by atoms with E-state index in [2.05, 4.69) is 26.3 Å². The van der Waals surface area contributed by atoms with Crippen LogP contribution in [-0.4, -0.2) is 59.5 Å². The molecule has 1 aromatic carbocycles. The number of H-pyrrole nitrogens is 1. The first-order chi connectivity index (χ1) is 16.2. The second-order valence-corrected chi connectivity index (χ2v) is 10.7. The van der Waals surface area contributed by atoms with E-state index < -0.39 is 0 Å². The number of anilines is 1. The van der Waals surface area contributed by atoms with Gasteiger partial charge >= 0.3 is 0 Å². The molecule has 1 aromatic heterocycles. The molecule has 178 valence electrons. The van der Waals surface area contributed by atoms with E-state index in [1.54, 1.807) is 4.90 Å². The lowest BCUT2D eigenvalue weighted by atomic mass is 9.81.